The van der Waals surface area contributed by atoms with E-state index in [0.29, 0.717) is 12.0 Å². The van der Waals surface area contributed by atoms with Crippen LogP contribution in [0.1, 0.15) is 32.1 Å². The Hall–Kier alpha value is -1.32. The van der Waals surface area contributed by atoms with E-state index < -0.39 is 11.9 Å². The zero-order chi connectivity index (χ0) is 13.9. The first kappa shape index (κ1) is 12.4. The second-order valence-corrected chi connectivity index (χ2v) is 7.13. The predicted molar refractivity (Wildman–Crippen MR) is 72.7 cm³/mol. The fourth-order valence-corrected chi connectivity index (χ4v) is 5.22. The van der Waals surface area contributed by atoms with Crippen LogP contribution in [0, 0.1) is 35.5 Å². The minimum absolute atomic E-state index is 0.00759. The lowest BCUT2D eigenvalue weighted by Gasteiger charge is -2.28. The van der Waals surface area contributed by atoms with Crippen molar-refractivity contribution in [1.82, 2.24) is 5.32 Å². The van der Waals surface area contributed by atoms with Gasteiger partial charge < -0.3 is 10.4 Å². The largest absolute Gasteiger partial charge is 0.481 e. The maximum atomic E-state index is 12.6. The van der Waals surface area contributed by atoms with E-state index in [1.54, 1.807) is 0 Å². The number of amides is 1. The molecule has 7 atom stereocenters. The van der Waals surface area contributed by atoms with Gasteiger partial charge in [0.05, 0.1) is 11.8 Å². The molecular weight excluding hydrogens is 254 g/mol. The second kappa shape index (κ2) is 4.34. The number of fused-ring (bicyclic) bond motifs is 4. The molecule has 0 saturated heterocycles. The molecule has 3 fully saturated rings. The molecule has 4 heteroatoms. The van der Waals surface area contributed by atoms with E-state index in [1.807, 2.05) is 6.08 Å². The quantitative estimate of drug-likeness (QED) is 0.772. The molecule has 0 radical (unpaired) electrons. The third kappa shape index (κ3) is 1.73. The van der Waals surface area contributed by atoms with Crippen molar-refractivity contribution in [3.63, 3.8) is 0 Å². The van der Waals surface area contributed by atoms with Crippen LogP contribution in [0.3, 0.4) is 0 Å². The summed E-state index contributed by atoms with van der Waals surface area (Å²) in [6.45, 7) is 0. The molecule has 20 heavy (non-hydrogen) atoms. The molecule has 108 valence electrons. The Morgan fingerprint density at radius 3 is 2.35 bits per heavy atom. The number of hydrogen-bond acceptors (Lipinski definition) is 2. The standard InChI is InChI=1S/C16H21NO3/c18-15(17-12-6-8-1-2-9(12)5-8)13-10-3-4-11(7-10)14(13)16(19)20/h3-4,8-14H,1-2,5-7H2,(H,17,18)(H,19,20)/t8-,9-,10-,11-,12+,13-,14+/m0/s1. The molecule has 0 unspecified atom stereocenters. The molecule has 1 amide bonds. The van der Waals surface area contributed by atoms with Gasteiger partial charge in [0.2, 0.25) is 5.91 Å². The highest BCUT2D eigenvalue weighted by Gasteiger charge is 2.52. The lowest BCUT2D eigenvalue weighted by molar-refractivity contribution is -0.148. The maximum absolute atomic E-state index is 12.6. The fraction of sp³-hybridized carbons (Fsp3) is 0.750. The summed E-state index contributed by atoms with van der Waals surface area (Å²) in [6.07, 6.45) is 9.78. The van der Waals surface area contributed by atoms with E-state index in [4.69, 9.17) is 0 Å². The third-order valence-electron chi connectivity index (χ3n) is 6.11. The number of carbonyl (C=O) groups excluding carboxylic acids is 1. The molecule has 4 rings (SSSR count). The van der Waals surface area contributed by atoms with E-state index in [9.17, 15) is 14.7 Å². The van der Waals surface area contributed by atoms with Gasteiger partial charge in [-0.25, -0.2) is 0 Å². The first-order chi connectivity index (χ1) is 9.63. The Balaban J connectivity index is 1.48. The van der Waals surface area contributed by atoms with Crippen LogP contribution in [0.2, 0.25) is 0 Å². The van der Waals surface area contributed by atoms with Crippen molar-refractivity contribution in [3.05, 3.63) is 12.2 Å². The molecule has 4 nitrogen and oxygen atoms in total. The van der Waals surface area contributed by atoms with Crippen molar-refractivity contribution >= 4 is 11.9 Å². The van der Waals surface area contributed by atoms with Gasteiger partial charge in [-0.05, 0) is 49.4 Å². The Labute approximate surface area is 118 Å². The molecular formula is C16H21NO3. The monoisotopic (exact) mass is 275 g/mol. The molecule has 4 aliphatic rings. The summed E-state index contributed by atoms with van der Waals surface area (Å²) in [5.74, 6) is -0.0400. The normalized spacial score (nSPS) is 47.9. The zero-order valence-electron chi connectivity index (χ0n) is 11.5. The summed E-state index contributed by atoms with van der Waals surface area (Å²) < 4.78 is 0. The van der Waals surface area contributed by atoms with Crippen LogP contribution in [-0.4, -0.2) is 23.0 Å². The van der Waals surface area contributed by atoms with Crippen LogP contribution in [0.25, 0.3) is 0 Å². The van der Waals surface area contributed by atoms with Gasteiger partial charge in [-0.1, -0.05) is 18.6 Å². The van der Waals surface area contributed by atoms with Crippen molar-refractivity contribution in [3.8, 4) is 0 Å². The predicted octanol–water partition coefficient (Wildman–Crippen LogP) is 1.81. The Morgan fingerprint density at radius 2 is 1.75 bits per heavy atom. The van der Waals surface area contributed by atoms with Crippen molar-refractivity contribution in [2.45, 2.75) is 38.1 Å². The number of carbonyl (C=O) groups is 2. The Kier molecular flexibility index (Phi) is 2.69. The van der Waals surface area contributed by atoms with Gasteiger partial charge in [-0.15, -0.1) is 0 Å². The lowest BCUT2D eigenvalue weighted by Crippen LogP contribution is -2.46. The second-order valence-electron chi connectivity index (χ2n) is 7.13. The fourth-order valence-electron chi connectivity index (χ4n) is 5.22. The number of nitrogens with one attached hydrogen (secondary N) is 1. The summed E-state index contributed by atoms with van der Waals surface area (Å²) in [4.78, 5) is 24.0. The molecule has 0 heterocycles. The minimum atomic E-state index is -0.810. The van der Waals surface area contributed by atoms with E-state index in [0.717, 1.165) is 18.8 Å². The van der Waals surface area contributed by atoms with Gasteiger partial charge in [0.15, 0.2) is 0 Å². The van der Waals surface area contributed by atoms with E-state index in [2.05, 4.69) is 11.4 Å². The highest BCUT2D eigenvalue weighted by molar-refractivity contribution is 5.87. The van der Waals surface area contributed by atoms with Gasteiger partial charge in [0.1, 0.15) is 0 Å². The molecule has 2 N–H and O–H groups in total. The molecule has 0 spiro atoms. The van der Waals surface area contributed by atoms with Gasteiger partial charge in [0.25, 0.3) is 0 Å². The molecule has 0 aromatic heterocycles. The van der Waals surface area contributed by atoms with Crippen LogP contribution in [0.4, 0.5) is 0 Å². The van der Waals surface area contributed by atoms with Crippen LogP contribution in [0.5, 0.6) is 0 Å². The van der Waals surface area contributed by atoms with Gasteiger partial charge >= 0.3 is 5.97 Å². The SMILES string of the molecule is O=C(N[C@@H]1C[C@H]2CC[C@H]1C2)[C@@H]1[C@H](C(=O)O)[C@H]2C=C[C@H]1C2. The summed E-state index contributed by atoms with van der Waals surface area (Å²) in [5.41, 5.74) is 0. The molecule has 4 aliphatic carbocycles. The summed E-state index contributed by atoms with van der Waals surface area (Å²) in [6, 6.07) is 0.304. The molecule has 3 saturated carbocycles. The average Bonchev–Trinajstić information content (AvgIpc) is 3.16. The van der Waals surface area contributed by atoms with Crippen LogP contribution in [-0.2, 0) is 9.59 Å². The van der Waals surface area contributed by atoms with Crippen LogP contribution >= 0.6 is 0 Å². The van der Waals surface area contributed by atoms with Gasteiger partial charge in [0, 0.05) is 6.04 Å². The summed E-state index contributed by atoms with van der Waals surface area (Å²) >= 11 is 0. The minimum Gasteiger partial charge on any atom is -0.481 e. The maximum Gasteiger partial charge on any atom is 0.307 e. The number of rotatable bonds is 3. The highest BCUT2D eigenvalue weighted by Crippen LogP contribution is 2.49. The van der Waals surface area contributed by atoms with Crippen LogP contribution in [0.15, 0.2) is 12.2 Å². The van der Waals surface area contributed by atoms with E-state index in [-0.39, 0.29) is 23.7 Å². The molecule has 4 bridgehead atoms. The Bertz CT molecular complexity index is 486. The summed E-state index contributed by atoms with van der Waals surface area (Å²) in [5, 5.41) is 12.6. The van der Waals surface area contributed by atoms with Crippen LogP contribution < -0.4 is 5.32 Å². The van der Waals surface area contributed by atoms with E-state index >= 15 is 0 Å². The smallest absolute Gasteiger partial charge is 0.307 e. The van der Waals surface area contributed by atoms with Gasteiger partial charge in [-0.2, -0.15) is 0 Å². The lowest BCUT2D eigenvalue weighted by atomic mass is 9.82. The third-order valence-corrected chi connectivity index (χ3v) is 6.11. The molecule has 0 aliphatic heterocycles. The van der Waals surface area contributed by atoms with Crippen molar-refractivity contribution in [2.24, 2.45) is 35.5 Å². The topological polar surface area (TPSA) is 66.4 Å². The molecule has 0 aromatic carbocycles. The zero-order valence-corrected chi connectivity index (χ0v) is 11.5. The molecule has 0 aromatic rings. The number of allylic oxidation sites excluding steroid dienone is 2. The van der Waals surface area contributed by atoms with Gasteiger partial charge in [-0.3, -0.25) is 9.59 Å². The van der Waals surface area contributed by atoms with Crippen molar-refractivity contribution < 1.29 is 14.7 Å². The average molecular weight is 275 g/mol. The first-order valence-electron chi connectivity index (χ1n) is 7.85. The highest BCUT2D eigenvalue weighted by atomic mass is 16.4. The van der Waals surface area contributed by atoms with Crippen molar-refractivity contribution in [1.29, 1.82) is 0 Å². The number of carboxylic acids is 1. The number of hydrogen-bond donors (Lipinski definition) is 2. The number of aliphatic carboxylic acids is 1. The number of carboxylic acid groups (broad SMARTS) is 1. The Morgan fingerprint density at radius 1 is 1.00 bits per heavy atom. The van der Waals surface area contributed by atoms with E-state index in [1.165, 1.54) is 19.3 Å². The van der Waals surface area contributed by atoms with Crippen molar-refractivity contribution in [2.75, 3.05) is 0 Å². The first-order valence-corrected chi connectivity index (χ1v) is 7.85. The summed E-state index contributed by atoms with van der Waals surface area (Å²) in [7, 11) is 0.